The highest BCUT2D eigenvalue weighted by Crippen LogP contribution is 2.24. The van der Waals surface area contributed by atoms with Gasteiger partial charge < -0.3 is 15.0 Å². The summed E-state index contributed by atoms with van der Waals surface area (Å²) in [6.07, 6.45) is 1.69. The Hall–Kier alpha value is -3.06. The molecule has 0 spiro atoms. The maximum Gasteiger partial charge on any atom is 0.256 e. The summed E-state index contributed by atoms with van der Waals surface area (Å²) in [6.45, 7) is 3.85. The molecular formula is C24H26ClFN4O2. The molecule has 1 amide bonds. The van der Waals surface area contributed by atoms with Gasteiger partial charge in [-0.2, -0.15) is 5.10 Å². The minimum absolute atomic E-state index is 0.0768. The molecule has 0 saturated carbocycles. The van der Waals surface area contributed by atoms with Crippen molar-refractivity contribution in [1.29, 1.82) is 0 Å². The summed E-state index contributed by atoms with van der Waals surface area (Å²) in [6, 6.07) is 14.2. The first-order valence-electron chi connectivity index (χ1n) is 10.6. The van der Waals surface area contributed by atoms with Crippen LogP contribution in [0.15, 0.2) is 48.5 Å². The Morgan fingerprint density at radius 1 is 1.16 bits per heavy atom. The summed E-state index contributed by atoms with van der Waals surface area (Å²) in [7, 11) is 1.66. The van der Waals surface area contributed by atoms with E-state index in [1.165, 1.54) is 12.1 Å². The average molecular weight is 457 g/mol. The van der Waals surface area contributed by atoms with E-state index in [0.29, 0.717) is 23.0 Å². The Balaban J connectivity index is 1.37. The minimum atomic E-state index is -0.297. The van der Waals surface area contributed by atoms with Gasteiger partial charge in [0.1, 0.15) is 16.7 Å². The third-order valence-electron chi connectivity index (χ3n) is 5.81. The van der Waals surface area contributed by atoms with Gasteiger partial charge in [0.15, 0.2) is 0 Å². The lowest BCUT2D eigenvalue weighted by Gasteiger charge is -2.34. The van der Waals surface area contributed by atoms with Crippen molar-refractivity contribution in [2.75, 3.05) is 25.1 Å². The number of nitrogens with one attached hydrogen (secondary N) is 1. The standard InChI is InChI=1S/C24H26ClFN4O2/c1-16-22(23(25)30(28-16)15-17-3-5-18(26)6-4-17)24(31)27-19-11-13-29(14-12-19)20-7-9-21(32-2)10-8-20/h3-10,19H,11-15H2,1-2H3,(H,27,31). The van der Waals surface area contributed by atoms with Gasteiger partial charge in [-0.25, -0.2) is 9.07 Å². The summed E-state index contributed by atoms with van der Waals surface area (Å²) >= 11 is 6.50. The van der Waals surface area contributed by atoms with Crippen LogP contribution in [0.4, 0.5) is 10.1 Å². The molecule has 0 bridgehead atoms. The van der Waals surface area contributed by atoms with Gasteiger partial charge in [-0.1, -0.05) is 23.7 Å². The minimum Gasteiger partial charge on any atom is -0.497 e. The highest BCUT2D eigenvalue weighted by molar-refractivity contribution is 6.33. The number of benzene rings is 2. The molecule has 0 unspecified atom stereocenters. The van der Waals surface area contributed by atoms with Crippen molar-refractivity contribution in [3.63, 3.8) is 0 Å². The van der Waals surface area contributed by atoms with Gasteiger partial charge in [0.05, 0.1) is 24.9 Å². The van der Waals surface area contributed by atoms with Crippen LogP contribution in [0.25, 0.3) is 0 Å². The SMILES string of the molecule is COc1ccc(N2CCC(NC(=O)c3c(C)nn(Cc4ccc(F)cc4)c3Cl)CC2)cc1. The third-order valence-corrected chi connectivity index (χ3v) is 6.19. The van der Waals surface area contributed by atoms with E-state index in [1.807, 2.05) is 12.1 Å². The van der Waals surface area contributed by atoms with E-state index in [2.05, 4.69) is 27.4 Å². The van der Waals surface area contributed by atoms with Gasteiger partial charge in [-0.15, -0.1) is 0 Å². The quantitative estimate of drug-likeness (QED) is 0.595. The molecule has 168 valence electrons. The Kier molecular flexibility index (Phi) is 6.65. The number of halogens is 2. The maximum atomic E-state index is 13.1. The van der Waals surface area contributed by atoms with Crippen LogP contribution in [0.5, 0.6) is 5.75 Å². The van der Waals surface area contributed by atoms with Gasteiger partial charge in [0.2, 0.25) is 0 Å². The van der Waals surface area contributed by atoms with Crippen LogP contribution in [0.3, 0.4) is 0 Å². The lowest BCUT2D eigenvalue weighted by atomic mass is 10.0. The zero-order valence-corrected chi connectivity index (χ0v) is 18.9. The first kappa shape index (κ1) is 22.1. The van der Waals surface area contributed by atoms with E-state index in [9.17, 15) is 9.18 Å². The smallest absolute Gasteiger partial charge is 0.256 e. The number of aromatic nitrogens is 2. The number of aryl methyl sites for hydroxylation is 1. The van der Waals surface area contributed by atoms with E-state index in [-0.39, 0.29) is 17.8 Å². The van der Waals surface area contributed by atoms with Crippen molar-refractivity contribution in [3.05, 3.63) is 76.3 Å². The number of amides is 1. The molecular weight excluding hydrogens is 431 g/mol. The number of methoxy groups -OCH3 is 1. The molecule has 1 N–H and O–H groups in total. The topological polar surface area (TPSA) is 59.4 Å². The van der Waals surface area contributed by atoms with Crippen LogP contribution in [-0.2, 0) is 6.54 Å². The molecule has 0 atom stereocenters. The zero-order valence-electron chi connectivity index (χ0n) is 18.1. The molecule has 1 saturated heterocycles. The molecule has 0 radical (unpaired) electrons. The summed E-state index contributed by atoms with van der Waals surface area (Å²) in [5, 5.41) is 7.83. The predicted molar refractivity (Wildman–Crippen MR) is 123 cm³/mol. The van der Waals surface area contributed by atoms with Crippen molar-refractivity contribution >= 4 is 23.2 Å². The van der Waals surface area contributed by atoms with Crippen molar-refractivity contribution in [3.8, 4) is 5.75 Å². The summed E-state index contributed by atoms with van der Waals surface area (Å²) in [4.78, 5) is 15.3. The molecule has 2 heterocycles. The molecule has 32 heavy (non-hydrogen) atoms. The molecule has 1 aliphatic heterocycles. The summed E-state index contributed by atoms with van der Waals surface area (Å²) in [5.41, 5.74) is 2.97. The number of ether oxygens (including phenoxy) is 1. The maximum absolute atomic E-state index is 13.1. The number of rotatable bonds is 6. The Morgan fingerprint density at radius 3 is 2.44 bits per heavy atom. The largest absolute Gasteiger partial charge is 0.497 e. The van der Waals surface area contributed by atoms with Crippen LogP contribution >= 0.6 is 11.6 Å². The second-order valence-electron chi connectivity index (χ2n) is 7.97. The number of piperidine rings is 1. The molecule has 4 rings (SSSR count). The van der Waals surface area contributed by atoms with E-state index in [4.69, 9.17) is 16.3 Å². The van der Waals surface area contributed by atoms with Crippen molar-refractivity contribution in [1.82, 2.24) is 15.1 Å². The fraction of sp³-hybridized carbons (Fsp3) is 0.333. The molecule has 2 aromatic carbocycles. The van der Waals surface area contributed by atoms with Gasteiger partial charge in [0.25, 0.3) is 5.91 Å². The monoisotopic (exact) mass is 456 g/mol. The van der Waals surface area contributed by atoms with Crippen LogP contribution in [0.2, 0.25) is 5.15 Å². The molecule has 6 nitrogen and oxygen atoms in total. The first-order valence-corrected chi connectivity index (χ1v) is 11.0. The normalized spacial score (nSPS) is 14.4. The molecule has 1 fully saturated rings. The predicted octanol–water partition coefficient (Wildman–Crippen LogP) is 4.44. The first-order chi connectivity index (χ1) is 15.4. The highest BCUT2D eigenvalue weighted by atomic mass is 35.5. The third kappa shape index (κ3) is 4.88. The van der Waals surface area contributed by atoms with Crippen LogP contribution in [-0.4, -0.2) is 41.9 Å². The molecule has 1 aromatic heterocycles. The highest BCUT2D eigenvalue weighted by Gasteiger charge is 2.25. The van der Waals surface area contributed by atoms with Gasteiger partial charge in [-0.3, -0.25) is 4.79 Å². The summed E-state index contributed by atoms with van der Waals surface area (Å²) < 4.78 is 19.9. The molecule has 3 aromatic rings. The number of carbonyl (C=O) groups excluding carboxylic acids is 1. The van der Waals surface area contributed by atoms with E-state index in [0.717, 1.165) is 42.9 Å². The van der Waals surface area contributed by atoms with Gasteiger partial charge in [-0.05, 0) is 61.7 Å². The van der Waals surface area contributed by atoms with E-state index in [1.54, 1.807) is 30.8 Å². The second kappa shape index (κ2) is 9.61. The fourth-order valence-corrected chi connectivity index (χ4v) is 4.33. The fourth-order valence-electron chi connectivity index (χ4n) is 4.01. The molecule has 1 aliphatic rings. The van der Waals surface area contributed by atoms with Crippen LogP contribution in [0.1, 0.15) is 34.5 Å². The van der Waals surface area contributed by atoms with Crippen molar-refractivity contribution in [2.24, 2.45) is 0 Å². The number of carbonyl (C=O) groups is 1. The van der Waals surface area contributed by atoms with Crippen LogP contribution in [0, 0.1) is 12.7 Å². The zero-order chi connectivity index (χ0) is 22.7. The lowest BCUT2D eigenvalue weighted by Crippen LogP contribution is -2.44. The number of anilines is 1. The number of nitrogens with zero attached hydrogens (tertiary/aromatic N) is 3. The molecule has 0 aliphatic carbocycles. The Morgan fingerprint density at radius 2 is 1.81 bits per heavy atom. The number of hydrogen-bond acceptors (Lipinski definition) is 4. The Labute approximate surface area is 191 Å². The average Bonchev–Trinajstić information content (AvgIpc) is 3.08. The van der Waals surface area contributed by atoms with Gasteiger partial charge >= 0.3 is 0 Å². The second-order valence-corrected chi connectivity index (χ2v) is 8.33. The van der Waals surface area contributed by atoms with Crippen molar-refractivity contribution < 1.29 is 13.9 Å². The van der Waals surface area contributed by atoms with E-state index < -0.39 is 0 Å². The molecule has 8 heteroatoms. The summed E-state index contributed by atoms with van der Waals surface area (Å²) in [5.74, 6) is 0.332. The van der Waals surface area contributed by atoms with Crippen LogP contribution < -0.4 is 15.0 Å². The Bertz CT molecular complexity index is 1070. The lowest BCUT2D eigenvalue weighted by molar-refractivity contribution is 0.0930. The van der Waals surface area contributed by atoms with Crippen molar-refractivity contribution in [2.45, 2.75) is 32.4 Å². The number of hydrogen-bond donors (Lipinski definition) is 1. The van der Waals surface area contributed by atoms with Gasteiger partial charge in [0, 0.05) is 24.8 Å². The van der Waals surface area contributed by atoms with E-state index >= 15 is 0 Å².